The summed E-state index contributed by atoms with van der Waals surface area (Å²) in [4.78, 5) is 34.2. The van der Waals surface area contributed by atoms with Crippen molar-refractivity contribution in [2.45, 2.75) is 13.8 Å². The Labute approximate surface area is 132 Å². The second-order valence-corrected chi connectivity index (χ2v) is 5.29. The number of carbonyl (C=O) groups excluding carboxylic acids is 2. The summed E-state index contributed by atoms with van der Waals surface area (Å²) in [5.74, 6) is -1.09. The van der Waals surface area contributed by atoms with Crippen molar-refractivity contribution >= 4 is 17.4 Å². The standard InChI is InChI=1S/C15H17N3O5/c1-9-5-12(10(2)17(9)4)14(19)8-23-15(20)13-6-11(18(21)22)7-16(13)3/h5-7H,8H2,1-4H3. The molecule has 2 aromatic heterocycles. The average molecular weight is 319 g/mol. The molecule has 0 amide bonds. The molecule has 0 atom stereocenters. The van der Waals surface area contributed by atoms with E-state index in [1.165, 1.54) is 17.8 Å². The van der Waals surface area contributed by atoms with Crippen LogP contribution in [-0.2, 0) is 18.8 Å². The van der Waals surface area contributed by atoms with E-state index in [0.717, 1.165) is 17.5 Å². The van der Waals surface area contributed by atoms with Crippen LogP contribution in [0.25, 0.3) is 0 Å². The highest BCUT2D eigenvalue weighted by atomic mass is 16.6. The van der Waals surface area contributed by atoms with Gasteiger partial charge in [-0.2, -0.15) is 0 Å². The van der Waals surface area contributed by atoms with E-state index in [2.05, 4.69) is 0 Å². The Balaban J connectivity index is 2.08. The van der Waals surface area contributed by atoms with E-state index in [0.29, 0.717) is 5.56 Å². The summed E-state index contributed by atoms with van der Waals surface area (Å²) in [6, 6.07) is 2.85. The summed E-state index contributed by atoms with van der Waals surface area (Å²) in [7, 11) is 3.34. The van der Waals surface area contributed by atoms with Gasteiger partial charge in [0.25, 0.3) is 5.69 Å². The number of rotatable bonds is 5. The monoisotopic (exact) mass is 319 g/mol. The molecule has 2 aromatic rings. The van der Waals surface area contributed by atoms with Crippen LogP contribution in [0.2, 0.25) is 0 Å². The highest BCUT2D eigenvalue weighted by Gasteiger charge is 2.21. The predicted octanol–water partition coefficient (Wildman–Crippen LogP) is 1.93. The van der Waals surface area contributed by atoms with E-state index in [9.17, 15) is 19.7 Å². The number of aryl methyl sites for hydroxylation is 2. The highest BCUT2D eigenvalue weighted by molar-refractivity contribution is 6.00. The first-order valence-electron chi connectivity index (χ1n) is 6.86. The quantitative estimate of drug-likeness (QED) is 0.363. The molecule has 0 aliphatic heterocycles. The van der Waals surface area contributed by atoms with E-state index < -0.39 is 17.5 Å². The number of hydrogen-bond donors (Lipinski definition) is 0. The largest absolute Gasteiger partial charge is 0.453 e. The molecule has 0 saturated carbocycles. The molecule has 0 aromatic carbocycles. The van der Waals surface area contributed by atoms with Crippen molar-refractivity contribution < 1.29 is 19.2 Å². The molecule has 23 heavy (non-hydrogen) atoms. The van der Waals surface area contributed by atoms with Crippen LogP contribution in [0.3, 0.4) is 0 Å². The first-order chi connectivity index (χ1) is 10.7. The van der Waals surface area contributed by atoms with E-state index in [1.807, 2.05) is 25.5 Å². The number of hydrogen-bond acceptors (Lipinski definition) is 5. The lowest BCUT2D eigenvalue weighted by molar-refractivity contribution is -0.384. The summed E-state index contributed by atoms with van der Waals surface area (Å²) < 4.78 is 8.15. The molecule has 0 N–H and O–H groups in total. The van der Waals surface area contributed by atoms with Gasteiger partial charge in [-0.1, -0.05) is 0 Å². The van der Waals surface area contributed by atoms with Crippen LogP contribution in [0.5, 0.6) is 0 Å². The lowest BCUT2D eigenvalue weighted by Crippen LogP contribution is -2.16. The maximum absolute atomic E-state index is 12.2. The molecule has 0 aliphatic rings. The Morgan fingerprint density at radius 2 is 1.91 bits per heavy atom. The smallest absolute Gasteiger partial charge is 0.355 e. The number of aromatic nitrogens is 2. The third-order valence-electron chi connectivity index (χ3n) is 3.82. The normalized spacial score (nSPS) is 10.6. The fourth-order valence-electron chi connectivity index (χ4n) is 2.27. The van der Waals surface area contributed by atoms with Gasteiger partial charge in [-0.05, 0) is 19.9 Å². The third kappa shape index (κ3) is 3.15. The Kier molecular flexibility index (Phi) is 4.35. The zero-order chi connectivity index (χ0) is 17.3. The van der Waals surface area contributed by atoms with Gasteiger partial charge in [0, 0.05) is 37.1 Å². The van der Waals surface area contributed by atoms with Crippen LogP contribution >= 0.6 is 0 Å². The molecule has 0 spiro atoms. The van der Waals surface area contributed by atoms with Crippen molar-refractivity contribution in [3.63, 3.8) is 0 Å². The number of nitro groups is 1. The molecule has 2 heterocycles. The minimum Gasteiger partial charge on any atom is -0.453 e. The molecule has 0 bridgehead atoms. The topological polar surface area (TPSA) is 96.4 Å². The van der Waals surface area contributed by atoms with Gasteiger partial charge in [-0.15, -0.1) is 0 Å². The number of esters is 1. The van der Waals surface area contributed by atoms with Crippen molar-refractivity contribution in [2.24, 2.45) is 14.1 Å². The molecule has 2 rings (SSSR count). The molecule has 0 saturated heterocycles. The van der Waals surface area contributed by atoms with Gasteiger partial charge in [0.05, 0.1) is 11.1 Å². The van der Waals surface area contributed by atoms with E-state index in [-0.39, 0.29) is 17.2 Å². The lowest BCUT2D eigenvalue weighted by Gasteiger charge is -2.05. The molecule has 8 nitrogen and oxygen atoms in total. The van der Waals surface area contributed by atoms with Gasteiger partial charge >= 0.3 is 5.97 Å². The third-order valence-corrected chi connectivity index (χ3v) is 3.82. The van der Waals surface area contributed by atoms with Crippen molar-refractivity contribution in [1.29, 1.82) is 0 Å². The molecule has 122 valence electrons. The second-order valence-electron chi connectivity index (χ2n) is 5.29. The SMILES string of the molecule is Cc1cc(C(=O)COC(=O)c2cc([N+](=O)[O-])cn2C)c(C)n1C. The highest BCUT2D eigenvalue weighted by Crippen LogP contribution is 2.17. The van der Waals surface area contributed by atoms with Crippen LogP contribution in [0.15, 0.2) is 18.3 Å². The van der Waals surface area contributed by atoms with Crippen molar-refractivity contribution in [3.8, 4) is 0 Å². The van der Waals surface area contributed by atoms with Crippen LogP contribution in [0.1, 0.15) is 32.2 Å². The van der Waals surface area contributed by atoms with Crippen LogP contribution in [-0.4, -0.2) is 32.4 Å². The molecular weight excluding hydrogens is 302 g/mol. The number of ketones is 1. The summed E-state index contributed by atoms with van der Waals surface area (Å²) in [5, 5.41) is 10.7. The fourth-order valence-corrected chi connectivity index (χ4v) is 2.27. The maximum Gasteiger partial charge on any atom is 0.355 e. The zero-order valence-electron chi connectivity index (χ0n) is 13.3. The summed E-state index contributed by atoms with van der Waals surface area (Å²) >= 11 is 0. The van der Waals surface area contributed by atoms with Crippen molar-refractivity contribution in [3.05, 3.63) is 51.1 Å². The second kappa shape index (κ2) is 6.07. The van der Waals surface area contributed by atoms with E-state index >= 15 is 0 Å². The summed E-state index contributed by atoms with van der Waals surface area (Å²) in [6.07, 6.45) is 1.21. The fraction of sp³-hybridized carbons (Fsp3) is 0.333. The molecule has 0 aliphatic carbocycles. The summed E-state index contributed by atoms with van der Waals surface area (Å²) in [6.45, 7) is 3.27. The van der Waals surface area contributed by atoms with Gasteiger partial charge in [-0.25, -0.2) is 4.79 Å². The Morgan fingerprint density at radius 3 is 2.39 bits per heavy atom. The van der Waals surface area contributed by atoms with Crippen molar-refractivity contribution in [1.82, 2.24) is 9.13 Å². The molecular formula is C15H17N3O5. The van der Waals surface area contributed by atoms with E-state index in [1.54, 1.807) is 6.07 Å². The first kappa shape index (κ1) is 16.5. The number of carbonyl (C=O) groups is 2. The molecule has 0 unspecified atom stereocenters. The lowest BCUT2D eigenvalue weighted by atomic mass is 10.1. The maximum atomic E-state index is 12.2. The Morgan fingerprint density at radius 1 is 1.26 bits per heavy atom. The van der Waals surface area contributed by atoms with Crippen LogP contribution in [0, 0.1) is 24.0 Å². The zero-order valence-corrected chi connectivity index (χ0v) is 13.3. The Hall–Kier alpha value is -2.90. The van der Waals surface area contributed by atoms with Crippen LogP contribution < -0.4 is 0 Å². The molecule has 8 heteroatoms. The number of nitrogens with zero attached hydrogens (tertiary/aromatic N) is 3. The predicted molar refractivity (Wildman–Crippen MR) is 81.6 cm³/mol. The molecule has 0 fully saturated rings. The van der Waals surface area contributed by atoms with E-state index in [4.69, 9.17) is 4.74 Å². The van der Waals surface area contributed by atoms with Gasteiger partial charge in [-0.3, -0.25) is 14.9 Å². The number of Topliss-reactive ketones (excluding diaryl/α,β-unsaturated/α-hetero) is 1. The summed E-state index contributed by atoms with van der Waals surface area (Å²) in [5.41, 5.74) is 2.02. The van der Waals surface area contributed by atoms with Gasteiger partial charge in [0.15, 0.2) is 6.61 Å². The minimum absolute atomic E-state index is 0.0189. The minimum atomic E-state index is -0.778. The van der Waals surface area contributed by atoms with Gasteiger partial charge < -0.3 is 13.9 Å². The average Bonchev–Trinajstić information content (AvgIpc) is 3.00. The van der Waals surface area contributed by atoms with Crippen LogP contribution in [0.4, 0.5) is 5.69 Å². The van der Waals surface area contributed by atoms with Crippen molar-refractivity contribution in [2.75, 3.05) is 6.61 Å². The van der Waals surface area contributed by atoms with Gasteiger partial charge in [0.2, 0.25) is 5.78 Å². The molecule has 0 radical (unpaired) electrons. The Bertz CT molecular complexity index is 800. The first-order valence-corrected chi connectivity index (χ1v) is 6.86. The van der Waals surface area contributed by atoms with Gasteiger partial charge in [0.1, 0.15) is 5.69 Å². The number of ether oxygens (including phenoxy) is 1.